The molecule has 0 aromatic heterocycles. The fraction of sp³-hybridized carbons (Fsp3) is 0.500. The van der Waals surface area contributed by atoms with Crippen molar-refractivity contribution in [3.63, 3.8) is 0 Å². The van der Waals surface area contributed by atoms with Crippen molar-refractivity contribution in [3.8, 4) is 5.75 Å². The lowest BCUT2D eigenvalue weighted by molar-refractivity contribution is -0.142. The molecule has 2 aliphatic rings. The van der Waals surface area contributed by atoms with Crippen molar-refractivity contribution in [2.45, 2.75) is 38.6 Å². The van der Waals surface area contributed by atoms with Gasteiger partial charge < -0.3 is 4.74 Å². The minimum absolute atomic E-state index is 0.0194. The average Bonchev–Trinajstić information content (AvgIpc) is 3.01. The Balaban J connectivity index is 1.84. The zero-order valence-corrected chi connectivity index (χ0v) is 11.7. The summed E-state index contributed by atoms with van der Waals surface area (Å²) in [6, 6.07) is 7.54. The number of para-hydroxylation sites is 1. The number of benzene rings is 1. The first-order valence-corrected chi connectivity index (χ1v) is 7.13. The number of hydrogen-bond acceptors (Lipinski definition) is 3. The highest BCUT2D eigenvalue weighted by Gasteiger charge is 2.52. The van der Waals surface area contributed by atoms with Gasteiger partial charge in [-0.2, -0.15) is 0 Å². The minimum atomic E-state index is -0.390. The molecule has 4 heteroatoms. The van der Waals surface area contributed by atoms with Crippen molar-refractivity contribution in [1.29, 1.82) is 0 Å². The number of likely N-dealkylation sites (tertiary alicyclic amines) is 1. The van der Waals surface area contributed by atoms with E-state index in [0.717, 1.165) is 37.0 Å². The van der Waals surface area contributed by atoms with E-state index in [2.05, 4.69) is 0 Å². The monoisotopic (exact) mass is 273 g/mol. The Bertz CT molecular complexity index is 546. The molecule has 0 atom stereocenters. The fourth-order valence-electron chi connectivity index (χ4n) is 3.47. The second-order valence-corrected chi connectivity index (χ2v) is 5.76. The number of methoxy groups -OCH3 is 1. The molecule has 1 aliphatic carbocycles. The van der Waals surface area contributed by atoms with Gasteiger partial charge in [0.2, 0.25) is 11.8 Å². The summed E-state index contributed by atoms with van der Waals surface area (Å²) >= 11 is 0. The maximum absolute atomic E-state index is 12.6. The van der Waals surface area contributed by atoms with Gasteiger partial charge in [0.1, 0.15) is 5.75 Å². The zero-order chi connectivity index (χ0) is 14.2. The Kier molecular flexibility index (Phi) is 3.24. The zero-order valence-electron chi connectivity index (χ0n) is 11.7. The van der Waals surface area contributed by atoms with Crippen molar-refractivity contribution in [1.82, 2.24) is 4.90 Å². The van der Waals surface area contributed by atoms with Crippen molar-refractivity contribution in [2.75, 3.05) is 7.11 Å². The summed E-state index contributed by atoms with van der Waals surface area (Å²) in [5.41, 5.74) is 0.491. The predicted molar refractivity (Wildman–Crippen MR) is 74.1 cm³/mol. The smallest absolute Gasteiger partial charge is 0.236 e. The summed E-state index contributed by atoms with van der Waals surface area (Å²) in [6.45, 7) is 0.323. The summed E-state index contributed by atoms with van der Waals surface area (Å²) in [6.07, 6.45) is 4.23. The van der Waals surface area contributed by atoms with Crippen LogP contribution in [0.25, 0.3) is 0 Å². The molecule has 0 radical (unpaired) electrons. The van der Waals surface area contributed by atoms with Crippen LogP contribution < -0.4 is 4.74 Å². The molecule has 1 saturated heterocycles. The lowest BCUT2D eigenvalue weighted by Crippen LogP contribution is -2.34. The average molecular weight is 273 g/mol. The van der Waals surface area contributed by atoms with E-state index in [-0.39, 0.29) is 17.2 Å². The minimum Gasteiger partial charge on any atom is -0.496 e. The predicted octanol–water partition coefficient (Wildman–Crippen LogP) is 2.51. The summed E-state index contributed by atoms with van der Waals surface area (Å²) in [5, 5.41) is 0. The summed E-state index contributed by atoms with van der Waals surface area (Å²) < 4.78 is 5.29. The van der Waals surface area contributed by atoms with E-state index < -0.39 is 0 Å². The fourth-order valence-corrected chi connectivity index (χ4v) is 3.47. The molecule has 1 spiro atoms. The molecule has 1 heterocycles. The second-order valence-electron chi connectivity index (χ2n) is 5.76. The van der Waals surface area contributed by atoms with Gasteiger partial charge in [0.05, 0.1) is 19.1 Å². The number of nitrogens with zero attached hydrogens (tertiary/aromatic N) is 1. The van der Waals surface area contributed by atoms with E-state index in [1.807, 2.05) is 24.3 Å². The molecular formula is C16H19NO3. The molecule has 0 unspecified atom stereocenters. The Morgan fingerprint density at radius 3 is 2.60 bits per heavy atom. The van der Waals surface area contributed by atoms with Crippen LogP contribution in [-0.2, 0) is 16.1 Å². The normalized spacial score (nSPS) is 20.9. The van der Waals surface area contributed by atoms with Crippen molar-refractivity contribution < 1.29 is 14.3 Å². The van der Waals surface area contributed by atoms with E-state index in [4.69, 9.17) is 4.74 Å². The van der Waals surface area contributed by atoms with E-state index in [1.54, 1.807) is 7.11 Å². The maximum atomic E-state index is 12.6. The molecule has 3 rings (SSSR count). The van der Waals surface area contributed by atoms with Crippen LogP contribution in [-0.4, -0.2) is 23.8 Å². The van der Waals surface area contributed by atoms with Gasteiger partial charge in [-0.15, -0.1) is 0 Å². The topological polar surface area (TPSA) is 46.6 Å². The molecule has 20 heavy (non-hydrogen) atoms. The summed E-state index contributed by atoms with van der Waals surface area (Å²) in [4.78, 5) is 26.2. The number of rotatable bonds is 3. The van der Waals surface area contributed by atoms with Gasteiger partial charge in [-0.05, 0) is 18.9 Å². The van der Waals surface area contributed by atoms with Gasteiger partial charge >= 0.3 is 0 Å². The Labute approximate surface area is 118 Å². The third-order valence-corrected chi connectivity index (χ3v) is 4.57. The van der Waals surface area contributed by atoms with Crippen molar-refractivity contribution >= 4 is 11.8 Å². The molecular weight excluding hydrogens is 254 g/mol. The number of ether oxygens (including phenoxy) is 1. The van der Waals surface area contributed by atoms with Crippen LogP contribution in [0.3, 0.4) is 0 Å². The third kappa shape index (κ3) is 1.99. The summed E-state index contributed by atoms with van der Waals surface area (Å²) in [5.74, 6) is 0.703. The first-order chi connectivity index (χ1) is 9.66. The Hall–Kier alpha value is -1.84. The van der Waals surface area contributed by atoms with Crippen LogP contribution in [0.15, 0.2) is 24.3 Å². The Morgan fingerprint density at radius 1 is 1.20 bits per heavy atom. The standard InChI is InChI=1S/C16H19NO3/c1-20-13-7-3-2-6-12(13)11-17-14(18)10-16(15(17)19)8-4-5-9-16/h2-3,6-7H,4-5,8-11H2,1H3. The largest absolute Gasteiger partial charge is 0.496 e. The number of imide groups is 1. The van der Waals surface area contributed by atoms with E-state index in [0.29, 0.717) is 13.0 Å². The molecule has 2 fully saturated rings. The first kappa shape index (κ1) is 13.2. The van der Waals surface area contributed by atoms with Crippen LogP contribution >= 0.6 is 0 Å². The van der Waals surface area contributed by atoms with Gasteiger partial charge in [-0.3, -0.25) is 14.5 Å². The van der Waals surface area contributed by atoms with Gasteiger partial charge in [0.15, 0.2) is 0 Å². The van der Waals surface area contributed by atoms with Crippen LogP contribution in [0.1, 0.15) is 37.7 Å². The van der Waals surface area contributed by atoms with E-state index in [9.17, 15) is 9.59 Å². The van der Waals surface area contributed by atoms with Gasteiger partial charge in [0, 0.05) is 12.0 Å². The van der Waals surface area contributed by atoms with Crippen LogP contribution in [0.4, 0.5) is 0 Å². The first-order valence-electron chi connectivity index (χ1n) is 7.13. The highest BCUT2D eigenvalue weighted by atomic mass is 16.5. The number of carbonyl (C=O) groups is 2. The van der Waals surface area contributed by atoms with Crippen LogP contribution in [0.2, 0.25) is 0 Å². The SMILES string of the molecule is COc1ccccc1CN1C(=O)CC2(CCCC2)C1=O. The molecule has 0 bridgehead atoms. The van der Waals surface area contributed by atoms with Crippen LogP contribution in [0, 0.1) is 5.41 Å². The molecule has 106 valence electrons. The lowest BCUT2D eigenvalue weighted by atomic mass is 9.84. The highest BCUT2D eigenvalue weighted by Crippen LogP contribution is 2.47. The number of hydrogen-bond donors (Lipinski definition) is 0. The van der Waals surface area contributed by atoms with Gasteiger partial charge in [-0.25, -0.2) is 0 Å². The Morgan fingerprint density at radius 2 is 1.90 bits per heavy atom. The summed E-state index contributed by atoms with van der Waals surface area (Å²) in [7, 11) is 1.60. The maximum Gasteiger partial charge on any atom is 0.236 e. The molecule has 4 nitrogen and oxygen atoms in total. The van der Waals surface area contributed by atoms with E-state index >= 15 is 0 Å². The van der Waals surface area contributed by atoms with E-state index in [1.165, 1.54) is 4.90 Å². The highest BCUT2D eigenvalue weighted by molar-refractivity contribution is 6.06. The second kappa shape index (κ2) is 4.93. The lowest BCUT2D eigenvalue weighted by Gasteiger charge is -2.21. The van der Waals surface area contributed by atoms with Crippen LogP contribution in [0.5, 0.6) is 5.75 Å². The molecule has 1 aromatic carbocycles. The van der Waals surface area contributed by atoms with Crippen molar-refractivity contribution in [3.05, 3.63) is 29.8 Å². The third-order valence-electron chi connectivity index (χ3n) is 4.57. The van der Waals surface area contributed by atoms with Crippen molar-refractivity contribution in [2.24, 2.45) is 5.41 Å². The number of amides is 2. The molecule has 1 aliphatic heterocycles. The molecule has 0 N–H and O–H groups in total. The number of carbonyl (C=O) groups excluding carboxylic acids is 2. The molecule has 1 aromatic rings. The molecule has 2 amide bonds. The van der Waals surface area contributed by atoms with Gasteiger partial charge in [0.25, 0.3) is 0 Å². The quantitative estimate of drug-likeness (QED) is 0.795. The van der Waals surface area contributed by atoms with Gasteiger partial charge in [-0.1, -0.05) is 31.0 Å². The molecule has 1 saturated carbocycles.